The van der Waals surface area contributed by atoms with Gasteiger partial charge in [0.2, 0.25) is 0 Å². The average Bonchev–Trinajstić information content (AvgIpc) is 2.30. The number of nitrogens with one attached hydrogen (secondary N) is 1. The quantitative estimate of drug-likeness (QED) is 0.839. The zero-order valence-electron chi connectivity index (χ0n) is 11.4. The van der Waals surface area contributed by atoms with Crippen molar-refractivity contribution in [2.45, 2.75) is 18.4 Å². The van der Waals surface area contributed by atoms with Crippen LogP contribution in [0.5, 0.6) is 0 Å². The van der Waals surface area contributed by atoms with E-state index in [-0.39, 0.29) is 0 Å². The van der Waals surface area contributed by atoms with Crippen molar-refractivity contribution in [2.75, 3.05) is 24.8 Å². The van der Waals surface area contributed by atoms with Crippen molar-refractivity contribution in [1.29, 1.82) is 0 Å². The second kappa shape index (κ2) is 7.53. The number of sulfone groups is 1. The van der Waals surface area contributed by atoms with Crippen LogP contribution in [0.2, 0.25) is 5.02 Å². The van der Waals surface area contributed by atoms with Crippen LogP contribution in [0.1, 0.15) is 12.5 Å². The van der Waals surface area contributed by atoms with Crippen molar-refractivity contribution in [3.05, 3.63) is 28.8 Å². The fourth-order valence-corrected chi connectivity index (χ4v) is 3.78. The summed E-state index contributed by atoms with van der Waals surface area (Å²) >= 11 is 7.91. The first kappa shape index (κ1) is 16.8. The Kier molecular flexibility index (Phi) is 6.66. The number of rotatable bonds is 7. The summed E-state index contributed by atoms with van der Waals surface area (Å²) in [7, 11) is -3.25. The highest BCUT2D eigenvalue weighted by atomic mass is 35.5. The molecule has 0 saturated heterocycles. The lowest BCUT2D eigenvalue weighted by Gasteiger charge is -2.14. The van der Waals surface area contributed by atoms with Gasteiger partial charge >= 0.3 is 0 Å². The third-order valence-electron chi connectivity index (χ3n) is 2.72. The van der Waals surface area contributed by atoms with Gasteiger partial charge in [0.15, 0.2) is 9.84 Å². The molecule has 0 saturated carbocycles. The molecule has 1 N–H and O–H groups in total. The Morgan fingerprint density at radius 2 is 2.11 bits per heavy atom. The lowest BCUT2D eigenvalue weighted by Crippen LogP contribution is -2.23. The molecule has 19 heavy (non-hydrogen) atoms. The molecule has 0 aliphatic carbocycles. The normalized spacial score (nSPS) is 13.5. The topological polar surface area (TPSA) is 46.2 Å². The molecule has 0 aliphatic heterocycles. The van der Waals surface area contributed by atoms with E-state index in [0.717, 1.165) is 12.3 Å². The van der Waals surface area contributed by atoms with Crippen molar-refractivity contribution in [1.82, 2.24) is 5.32 Å². The van der Waals surface area contributed by atoms with E-state index in [4.69, 9.17) is 11.6 Å². The summed E-state index contributed by atoms with van der Waals surface area (Å²) in [5.74, 6) is 1.62. The summed E-state index contributed by atoms with van der Waals surface area (Å²) in [4.78, 5) is 0.310. The molecule has 108 valence electrons. The van der Waals surface area contributed by atoms with Crippen LogP contribution in [0.3, 0.4) is 0 Å². The van der Waals surface area contributed by atoms with E-state index < -0.39 is 9.84 Å². The third kappa shape index (κ3) is 5.34. The Balaban J connectivity index is 2.78. The van der Waals surface area contributed by atoms with E-state index in [1.807, 2.05) is 0 Å². The highest BCUT2D eigenvalue weighted by molar-refractivity contribution is 7.98. The summed E-state index contributed by atoms with van der Waals surface area (Å²) in [5.41, 5.74) is 0.656. The molecule has 0 aromatic heterocycles. The average molecular weight is 322 g/mol. The zero-order valence-corrected chi connectivity index (χ0v) is 13.8. The minimum Gasteiger partial charge on any atom is -0.312 e. The van der Waals surface area contributed by atoms with Crippen molar-refractivity contribution >= 4 is 33.2 Å². The lowest BCUT2D eigenvalue weighted by molar-refractivity contribution is 0.555. The Morgan fingerprint density at radius 3 is 2.68 bits per heavy atom. The number of benzene rings is 1. The molecule has 0 fully saturated rings. The molecule has 3 nitrogen and oxygen atoms in total. The molecule has 0 heterocycles. The molecule has 1 rings (SSSR count). The molecular weight excluding hydrogens is 302 g/mol. The molecule has 0 bridgehead atoms. The van der Waals surface area contributed by atoms with Crippen molar-refractivity contribution in [2.24, 2.45) is 5.92 Å². The second-order valence-electron chi connectivity index (χ2n) is 4.68. The molecular formula is C13H20ClNO2S2. The first-order valence-electron chi connectivity index (χ1n) is 6.03. The highest BCUT2D eigenvalue weighted by Crippen LogP contribution is 2.23. The van der Waals surface area contributed by atoms with Gasteiger partial charge in [-0.15, -0.1) is 0 Å². The molecule has 1 unspecified atom stereocenters. The van der Waals surface area contributed by atoms with Crippen LogP contribution in [0.4, 0.5) is 0 Å². The maximum Gasteiger partial charge on any atom is 0.175 e. The molecule has 0 spiro atoms. The fourth-order valence-electron chi connectivity index (χ4n) is 1.84. The Morgan fingerprint density at radius 1 is 1.42 bits per heavy atom. The Labute approximate surface area is 125 Å². The smallest absolute Gasteiger partial charge is 0.175 e. The van der Waals surface area contributed by atoms with Gasteiger partial charge in [0.05, 0.1) is 4.90 Å². The maximum absolute atomic E-state index is 11.7. The largest absolute Gasteiger partial charge is 0.312 e. The van der Waals surface area contributed by atoms with Gasteiger partial charge < -0.3 is 5.32 Å². The van der Waals surface area contributed by atoms with Crippen LogP contribution in [0.25, 0.3) is 0 Å². The van der Waals surface area contributed by atoms with Crippen molar-refractivity contribution in [3.63, 3.8) is 0 Å². The van der Waals surface area contributed by atoms with Crippen LogP contribution in [0.15, 0.2) is 23.1 Å². The van der Waals surface area contributed by atoms with E-state index in [1.54, 1.807) is 30.0 Å². The number of hydrogen-bond donors (Lipinski definition) is 1. The molecule has 1 aromatic carbocycles. The van der Waals surface area contributed by atoms with Gasteiger partial charge in [-0.1, -0.05) is 24.6 Å². The molecule has 1 atom stereocenters. The minimum atomic E-state index is -3.25. The third-order valence-corrected chi connectivity index (χ3v) is 5.16. The van der Waals surface area contributed by atoms with E-state index in [2.05, 4.69) is 18.5 Å². The number of hydrogen-bond acceptors (Lipinski definition) is 4. The van der Waals surface area contributed by atoms with E-state index in [9.17, 15) is 8.42 Å². The predicted octanol–water partition coefficient (Wildman–Crippen LogP) is 2.83. The summed E-state index contributed by atoms with van der Waals surface area (Å²) in [6.07, 6.45) is 3.28. The summed E-state index contributed by atoms with van der Waals surface area (Å²) < 4.78 is 23.4. The molecule has 0 amide bonds. The van der Waals surface area contributed by atoms with Gasteiger partial charge in [-0.05, 0) is 36.6 Å². The lowest BCUT2D eigenvalue weighted by atomic mass is 10.2. The van der Waals surface area contributed by atoms with Crippen LogP contribution in [-0.4, -0.2) is 33.2 Å². The summed E-state index contributed by atoms with van der Waals surface area (Å²) in [6, 6.07) is 4.99. The van der Waals surface area contributed by atoms with Crippen LogP contribution < -0.4 is 5.32 Å². The zero-order chi connectivity index (χ0) is 14.5. The summed E-state index contributed by atoms with van der Waals surface area (Å²) in [5, 5.41) is 3.77. The monoisotopic (exact) mass is 321 g/mol. The Bertz CT molecular complexity index is 517. The second-order valence-corrected chi connectivity index (χ2v) is 7.98. The first-order valence-corrected chi connectivity index (χ1v) is 9.69. The first-order chi connectivity index (χ1) is 8.86. The highest BCUT2D eigenvalue weighted by Gasteiger charge is 2.15. The fraction of sp³-hybridized carbons (Fsp3) is 0.538. The SMILES string of the molecule is CSCC(C)CNCc1c(Cl)cccc1S(C)(=O)=O. The van der Waals surface area contributed by atoms with Gasteiger partial charge in [0.25, 0.3) is 0 Å². The molecule has 1 aromatic rings. The van der Waals surface area contributed by atoms with Gasteiger partial charge in [-0.3, -0.25) is 0 Å². The molecule has 0 radical (unpaired) electrons. The van der Waals surface area contributed by atoms with Crippen LogP contribution >= 0.6 is 23.4 Å². The standard InChI is InChI=1S/C13H20ClNO2S2/c1-10(9-18-2)7-15-8-11-12(14)5-4-6-13(11)19(3,16)17/h4-6,10,15H,7-9H2,1-3H3. The molecule has 6 heteroatoms. The van der Waals surface area contributed by atoms with Crippen LogP contribution in [-0.2, 0) is 16.4 Å². The summed E-state index contributed by atoms with van der Waals surface area (Å²) in [6.45, 7) is 3.48. The Hall–Kier alpha value is -0.230. The van der Waals surface area contributed by atoms with E-state index in [0.29, 0.717) is 27.9 Å². The van der Waals surface area contributed by atoms with Crippen molar-refractivity contribution in [3.8, 4) is 0 Å². The maximum atomic E-state index is 11.7. The number of thioether (sulfide) groups is 1. The minimum absolute atomic E-state index is 0.310. The van der Waals surface area contributed by atoms with E-state index in [1.165, 1.54) is 6.26 Å². The van der Waals surface area contributed by atoms with Gasteiger partial charge in [-0.25, -0.2) is 8.42 Å². The van der Waals surface area contributed by atoms with Crippen molar-refractivity contribution < 1.29 is 8.42 Å². The van der Waals surface area contributed by atoms with Gasteiger partial charge in [-0.2, -0.15) is 11.8 Å². The number of halogens is 1. The van der Waals surface area contributed by atoms with Crippen LogP contribution in [0, 0.1) is 5.92 Å². The van der Waals surface area contributed by atoms with Gasteiger partial charge in [0, 0.05) is 23.4 Å². The predicted molar refractivity (Wildman–Crippen MR) is 83.8 cm³/mol. The van der Waals surface area contributed by atoms with Gasteiger partial charge in [0.1, 0.15) is 0 Å². The molecule has 0 aliphatic rings. The van der Waals surface area contributed by atoms with E-state index >= 15 is 0 Å².